The summed E-state index contributed by atoms with van der Waals surface area (Å²) in [5, 5.41) is 0. The molecule has 0 radical (unpaired) electrons. The minimum Gasteiger partial charge on any atom is -0.373 e. The molecule has 2 heterocycles. The van der Waals surface area contributed by atoms with Gasteiger partial charge in [0.1, 0.15) is 0 Å². The van der Waals surface area contributed by atoms with Crippen molar-refractivity contribution in [2.45, 2.75) is 38.3 Å². The third kappa shape index (κ3) is 2.24. The molecule has 100 valence electrons. The zero-order valence-electron chi connectivity index (χ0n) is 11.0. The lowest BCUT2D eigenvalue weighted by Gasteiger charge is -2.33. The first-order valence-corrected chi connectivity index (χ1v) is 6.96. The van der Waals surface area contributed by atoms with Crippen LogP contribution in [0.4, 0.5) is 5.95 Å². The average Bonchev–Trinajstić information content (AvgIpc) is 3.18. The minimum atomic E-state index is 0.146. The van der Waals surface area contributed by atoms with E-state index in [1.807, 2.05) is 0 Å². The highest BCUT2D eigenvalue weighted by Crippen LogP contribution is 2.38. The van der Waals surface area contributed by atoms with Gasteiger partial charge < -0.3 is 19.9 Å². The fraction of sp³-hybridized carbons (Fsp3) is 0.769. The van der Waals surface area contributed by atoms with Crippen molar-refractivity contribution in [3.63, 3.8) is 0 Å². The minimum absolute atomic E-state index is 0.146. The summed E-state index contributed by atoms with van der Waals surface area (Å²) in [5.41, 5.74) is 6.89. The fourth-order valence-corrected chi connectivity index (χ4v) is 2.50. The quantitative estimate of drug-likeness (QED) is 0.864. The Morgan fingerprint density at radius 3 is 3.00 bits per heavy atom. The molecule has 2 aliphatic rings. The second kappa shape index (κ2) is 4.90. The second-order valence-electron chi connectivity index (χ2n) is 5.20. The van der Waals surface area contributed by atoms with Crippen molar-refractivity contribution in [1.29, 1.82) is 0 Å². The standard InChI is InChI=1S/C13H22N4O/c1-2-10-8-17(11-3-4-11)13(15-10)16-5-6-18-12(7-14)9-16/h8,11-12H,2-7,9,14H2,1H3. The summed E-state index contributed by atoms with van der Waals surface area (Å²) in [4.78, 5) is 7.11. The Balaban J connectivity index is 1.83. The number of hydrogen-bond acceptors (Lipinski definition) is 4. The normalized spacial score (nSPS) is 24.6. The van der Waals surface area contributed by atoms with Crippen LogP contribution in [0.3, 0.4) is 0 Å². The third-order valence-electron chi connectivity index (χ3n) is 3.75. The number of nitrogens with two attached hydrogens (primary N) is 1. The molecule has 2 fully saturated rings. The summed E-state index contributed by atoms with van der Waals surface area (Å²) in [6, 6.07) is 0.673. The highest BCUT2D eigenvalue weighted by atomic mass is 16.5. The summed E-state index contributed by atoms with van der Waals surface area (Å²) in [7, 11) is 0. The Kier molecular flexibility index (Phi) is 3.26. The number of aryl methyl sites for hydroxylation is 1. The molecular formula is C13H22N4O. The molecule has 5 heteroatoms. The summed E-state index contributed by atoms with van der Waals surface area (Å²) in [6.45, 7) is 5.28. The number of anilines is 1. The lowest BCUT2D eigenvalue weighted by atomic mass is 10.3. The summed E-state index contributed by atoms with van der Waals surface area (Å²) in [5.74, 6) is 1.12. The number of hydrogen-bond donors (Lipinski definition) is 1. The van der Waals surface area contributed by atoms with Crippen LogP contribution in [0.25, 0.3) is 0 Å². The van der Waals surface area contributed by atoms with Gasteiger partial charge in [-0.1, -0.05) is 6.92 Å². The third-order valence-corrected chi connectivity index (χ3v) is 3.75. The molecule has 0 aromatic carbocycles. The van der Waals surface area contributed by atoms with Crippen LogP contribution in [0.1, 0.15) is 31.5 Å². The van der Waals surface area contributed by atoms with E-state index in [0.29, 0.717) is 12.6 Å². The van der Waals surface area contributed by atoms with Gasteiger partial charge in [0, 0.05) is 31.9 Å². The van der Waals surface area contributed by atoms with Crippen molar-refractivity contribution < 1.29 is 4.74 Å². The molecule has 2 N–H and O–H groups in total. The van der Waals surface area contributed by atoms with Crippen molar-refractivity contribution >= 4 is 5.95 Å². The van der Waals surface area contributed by atoms with Gasteiger partial charge in [0.2, 0.25) is 5.95 Å². The molecule has 18 heavy (non-hydrogen) atoms. The monoisotopic (exact) mass is 250 g/mol. The molecule has 1 aromatic heterocycles. The first kappa shape index (κ1) is 12.0. The average molecular weight is 250 g/mol. The SMILES string of the molecule is CCc1cn(C2CC2)c(N2CCOC(CN)C2)n1. The lowest BCUT2D eigenvalue weighted by molar-refractivity contribution is 0.0457. The van der Waals surface area contributed by atoms with Crippen LogP contribution in [0.5, 0.6) is 0 Å². The van der Waals surface area contributed by atoms with Gasteiger partial charge in [0.05, 0.1) is 18.4 Å². The summed E-state index contributed by atoms with van der Waals surface area (Å²) < 4.78 is 7.98. The van der Waals surface area contributed by atoms with E-state index in [9.17, 15) is 0 Å². The predicted molar refractivity (Wildman–Crippen MR) is 70.9 cm³/mol. The van der Waals surface area contributed by atoms with Gasteiger partial charge in [-0.3, -0.25) is 0 Å². The van der Waals surface area contributed by atoms with E-state index in [0.717, 1.165) is 32.1 Å². The molecule has 1 aromatic rings. The maximum atomic E-state index is 5.71. The molecule has 5 nitrogen and oxygen atoms in total. The van der Waals surface area contributed by atoms with E-state index in [4.69, 9.17) is 15.5 Å². The molecule has 0 spiro atoms. The van der Waals surface area contributed by atoms with Crippen LogP contribution in [0.15, 0.2) is 6.20 Å². The number of nitrogens with zero attached hydrogens (tertiary/aromatic N) is 3. The molecule has 0 amide bonds. The van der Waals surface area contributed by atoms with Gasteiger partial charge in [0.15, 0.2) is 0 Å². The molecule has 1 aliphatic heterocycles. The van der Waals surface area contributed by atoms with E-state index in [1.165, 1.54) is 18.5 Å². The van der Waals surface area contributed by atoms with Gasteiger partial charge in [0.25, 0.3) is 0 Å². The molecule has 0 bridgehead atoms. The zero-order chi connectivity index (χ0) is 12.5. The van der Waals surface area contributed by atoms with E-state index >= 15 is 0 Å². The first-order chi connectivity index (χ1) is 8.81. The van der Waals surface area contributed by atoms with Crippen molar-refractivity contribution in [2.75, 3.05) is 31.1 Å². The van der Waals surface area contributed by atoms with Crippen LogP contribution in [0.2, 0.25) is 0 Å². The molecule has 1 saturated heterocycles. The Morgan fingerprint density at radius 1 is 1.50 bits per heavy atom. The Morgan fingerprint density at radius 2 is 2.33 bits per heavy atom. The number of imidazole rings is 1. The molecular weight excluding hydrogens is 228 g/mol. The maximum absolute atomic E-state index is 5.71. The van der Waals surface area contributed by atoms with E-state index < -0.39 is 0 Å². The highest BCUT2D eigenvalue weighted by Gasteiger charge is 2.30. The van der Waals surface area contributed by atoms with Gasteiger partial charge >= 0.3 is 0 Å². The van der Waals surface area contributed by atoms with Gasteiger partial charge in [-0.15, -0.1) is 0 Å². The van der Waals surface area contributed by atoms with Crippen LogP contribution < -0.4 is 10.6 Å². The second-order valence-corrected chi connectivity index (χ2v) is 5.20. The molecule has 1 unspecified atom stereocenters. The Hall–Kier alpha value is -1.07. The smallest absolute Gasteiger partial charge is 0.206 e. The predicted octanol–water partition coefficient (Wildman–Crippen LogP) is 0.944. The largest absolute Gasteiger partial charge is 0.373 e. The fourth-order valence-electron chi connectivity index (χ4n) is 2.50. The first-order valence-electron chi connectivity index (χ1n) is 6.96. The number of aromatic nitrogens is 2. The topological polar surface area (TPSA) is 56.3 Å². The van der Waals surface area contributed by atoms with Crippen molar-refractivity contribution in [2.24, 2.45) is 5.73 Å². The number of morpholine rings is 1. The van der Waals surface area contributed by atoms with Crippen LogP contribution in [-0.4, -0.2) is 41.9 Å². The van der Waals surface area contributed by atoms with E-state index in [-0.39, 0.29) is 6.10 Å². The zero-order valence-corrected chi connectivity index (χ0v) is 11.0. The van der Waals surface area contributed by atoms with Crippen LogP contribution in [0, 0.1) is 0 Å². The molecule has 1 saturated carbocycles. The molecule has 3 rings (SSSR count). The summed E-state index contributed by atoms with van der Waals surface area (Å²) >= 11 is 0. The number of ether oxygens (including phenoxy) is 1. The molecule has 1 atom stereocenters. The molecule has 1 aliphatic carbocycles. The summed E-state index contributed by atoms with van der Waals surface area (Å²) in [6.07, 6.45) is 5.94. The Bertz CT molecular complexity index is 413. The van der Waals surface area contributed by atoms with E-state index in [2.05, 4.69) is 22.6 Å². The van der Waals surface area contributed by atoms with Crippen molar-refractivity contribution in [1.82, 2.24) is 9.55 Å². The van der Waals surface area contributed by atoms with Crippen LogP contribution in [-0.2, 0) is 11.2 Å². The van der Waals surface area contributed by atoms with Crippen molar-refractivity contribution in [3.05, 3.63) is 11.9 Å². The Labute approximate surface area is 108 Å². The van der Waals surface area contributed by atoms with Crippen molar-refractivity contribution in [3.8, 4) is 0 Å². The number of rotatable bonds is 4. The highest BCUT2D eigenvalue weighted by molar-refractivity contribution is 5.36. The maximum Gasteiger partial charge on any atom is 0.206 e. The van der Waals surface area contributed by atoms with E-state index in [1.54, 1.807) is 0 Å². The van der Waals surface area contributed by atoms with Gasteiger partial charge in [-0.05, 0) is 19.3 Å². The van der Waals surface area contributed by atoms with Gasteiger partial charge in [-0.2, -0.15) is 0 Å². The van der Waals surface area contributed by atoms with Crippen LogP contribution >= 0.6 is 0 Å². The lowest BCUT2D eigenvalue weighted by Crippen LogP contribution is -2.46. The van der Waals surface area contributed by atoms with Gasteiger partial charge in [-0.25, -0.2) is 4.98 Å².